The molecule has 1 aliphatic rings. The van der Waals surface area contributed by atoms with Crippen LogP contribution >= 0.6 is 18.8 Å². The van der Waals surface area contributed by atoms with Crippen LogP contribution in [-0.4, -0.2) is 24.1 Å². The zero-order valence-electron chi connectivity index (χ0n) is 7.07. The third kappa shape index (κ3) is 4.51. The molecule has 1 saturated heterocycles. The van der Waals surface area contributed by atoms with E-state index in [2.05, 4.69) is 17.6 Å². The molecule has 0 amide bonds. The van der Waals surface area contributed by atoms with E-state index in [-0.39, 0.29) is 0 Å². The molecule has 1 unspecified atom stereocenters. The molecule has 0 aromatic carbocycles. The van der Waals surface area contributed by atoms with E-state index in [9.17, 15) is 4.57 Å². The summed E-state index contributed by atoms with van der Waals surface area (Å²) in [5, 5.41) is 3.26. The van der Waals surface area contributed by atoms with Crippen LogP contribution in [0.5, 0.6) is 0 Å². The van der Waals surface area contributed by atoms with Gasteiger partial charge in [0.25, 0.3) is 6.57 Å². The molecule has 1 rings (SSSR count). The van der Waals surface area contributed by atoms with Gasteiger partial charge < -0.3 is 10.2 Å². The molecule has 0 spiro atoms. The molecule has 72 valence electrons. The summed E-state index contributed by atoms with van der Waals surface area (Å²) in [4.78, 5) is 8.95. The average Bonchev–Trinajstić information content (AvgIpc) is 2.02. The molecule has 0 aromatic heterocycles. The molecule has 1 aliphatic heterocycles. The van der Waals surface area contributed by atoms with Gasteiger partial charge >= 0.3 is 0 Å². The van der Waals surface area contributed by atoms with Crippen molar-refractivity contribution in [1.82, 2.24) is 5.32 Å². The smallest absolute Gasteiger partial charge is 0.252 e. The zero-order chi connectivity index (χ0) is 9.03. The Balaban J connectivity index is 2.17. The summed E-state index contributed by atoms with van der Waals surface area (Å²) in [5.41, 5.74) is 0. The van der Waals surface area contributed by atoms with Crippen molar-refractivity contribution in [2.24, 2.45) is 5.92 Å². The molecule has 0 saturated carbocycles. The lowest BCUT2D eigenvalue weighted by Gasteiger charge is -2.22. The Bertz CT molecular complexity index is 176. The van der Waals surface area contributed by atoms with Gasteiger partial charge in [-0.05, 0) is 38.3 Å². The largest absolute Gasteiger partial charge is 0.337 e. The van der Waals surface area contributed by atoms with Gasteiger partial charge in [-0.15, -0.1) is 0 Å². The molecule has 1 fully saturated rings. The highest BCUT2D eigenvalue weighted by atomic mass is 32.7. The number of piperidine rings is 1. The van der Waals surface area contributed by atoms with Crippen LogP contribution in [0.2, 0.25) is 0 Å². The third-order valence-electron chi connectivity index (χ3n) is 2.29. The Morgan fingerprint density at radius 1 is 1.50 bits per heavy atom. The van der Waals surface area contributed by atoms with Crippen LogP contribution in [0.25, 0.3) is 0 Å². The molecule has 5 heteroatoms. The third-order valence-corrected chi connectivity index (χ3v) is 3.73. The van der Waals surface area contributed by atoms with Gasteiger partial charge in [-0.2, -0.15) is 0 Å². The second-order valence-electron chi connectivity index (χ2n) is 3.37. The summed E-state index contributed by atoms with van der Waals surface area (Å²) >= 11 is 3.65. The topological polar surface area (TPSA) is 49.3 Å². The average molecular weight is 209 g/mol. The molecule has 3 nitrogen and oxygen atoms in total. The van der Waals surface area contributed by atoms with E-state index in [0.29, 0.717) is 12.1 Å². The van der Waals surface area contributed by atoms with Crippen molar-refractivity contribution < 1.29 is 9.46 Å². The molecule has 1 atom stereocenters. The first-order valence-electron chi connectivity index (χ1n) is 4.33. The van der Waals surface area contributed by atoms with Crippen molar-refractivity contribution >= 4 is 18.8 Å². The molecule has 12 heavy (non-hydrogen) atoms. The Morgan fingerprint density at radius 3 is 2.58 bits per heavy atom. The van der Waals surface area contributed by atoms with Crippen molar-refractivity contribution in [3.63, 3.8) is 0 Å². The molecule has 0 bridgehead atoms. The van der Waals surface area contributed by atoms with Gasteiger partial charge in [0, 0.05) is 6.16 Å². The van der Waals surface area contributed by atoms with E-state index < -0.39 is 6.57 Å². The molecule has 2 N–H and O–H groups in total. The Morgan fingerprint density at radius 2 is 2.08 bits per heavy atom. The number of hydrogen-bond acceptors (Lipinski definition) is 2. The highest BCUT2D eigenvalue weighted by Crippen LogP contribution is 2.47. The fourth-order valence-corrected chi connectivity index (χ4v) is 2.57. The van der Waals surface area contributed by atoms with E-state index >= 15 is 0 Å². The highest BCUT2D eigenvalue weighted by molar-refractivity contribution is 8.45. The zero-order valence-corrected chi connectivity index (χ0v) is 8.86. The molecule has 0 aliphatic carbocycles. The quantitative estimate of drug-likeness (QED) is 0.487. The Labute approximate surface area is 78.5 Å². The number of thiol groups is 1. The molecule has 0 radical (unpaired) electrons. The van der Waals surface area contributed by atoms with Gasteiger partial charge in [0.05, 0.1) is 0 Å². The minimum absolute atomic E-state index is 0.362. The Kier molecular flexibility index (Phi) is 4.11. The van der Waals surface area contributed by atoms with Gasteiger partial charge in [-0.3, -0.25) is 4.57 Å². The van der Waals surface area contributed by atoms with Gasteiger partial charge in [-0.1, -0.05) is 12.2 Å². The monoisotopic (exact) mass is 209 g/mol. The maximum atomic E-state index is 10.9. The second-order valence-corrected chi connectivity index (χ2v) is 7.02. The van der Waals surface area contributed by atoms with E-state index in [1.165, 1.54) is 0 Å². The van der Waals surface area contributed by atoms with Crippen LogP contribution in [-0.2, 0) is 4.57 Å². The van der Waals surface area contributed by atoms with Crippen LogP contribution < -0.4 is 5.32 Å². The van der Waals surface area contributed by atoms with Crippen LogP contribution in [0.15, 0.2) is 0 Å². The van der Waals surface area contributed by atoms with E-state index in [1.54, 1.807) is 0 Å². The fourth-order valence-electron chi connectivity index (χ4n) is 1.52. The summed E-state index contributed by atoms with van der Waals surface area (Å²) in [7, 11) is 0. The normalized spacial score (nSPS) is 25.2. The second kappa shape index (κ2) is 4.66. The van der Waals surface area contributed by atoms with Crippen LogP contribution in [0.1, 0.15) is 19.3 Å². The van der Waals surface area contributed by atoms with Gasteiger partial charge in [0.15, 0.2) is 0 Å². The van der Waals surface area contributed by atoms with Gasteiger partial charge in [0.1, 0.15) is 0 Å². The first kappa shape index (κ1) is 10.6. The van der Waals surface area contributed by atoms with Crippen molar-refractivity contribution in [3.8, 4) is 0 Å². The maximum absolute atomic E-state index is 10.9. The maximum Gasteiger partial charge on any atom is 0.252 e. The summed E-state index contributed by atoms with van der Waals surface area (Å²) in [6.45, 7) is -0.961. The van der Waals surface area contributed by atoms with Crippen LogP contribution in [0.3, 0.4) is 0 Å². The fraction of sp³-hybridized carbons (Fsp3) is 1.00. The van der Waals surface area contributed by atoms with Crippen molar-refractivity contribution in [2.45, 2.75) is 19.3 Å². The molecule has 1 heterocycles. The predicted molar refractivity (Wildman–Crippen MR) is 53.9 cm³/mol. The van der Waals surface area contributed by atoms with Gasteiger partial charge in [0.2, 0.25) is 0 Å². The van der Waals surface area contributed by atoms with Crippen molar-refractivity contribution in [3.05, 3.63) is 0 Å². The molecular formula is C7H16NO2PS. The van der Waals surface area contributed by atoms with Crippen LogP contribution in [0, 0.1) is 5.92 Å². The van der Waals surface area contributed by atoms with E-state index in [1.807, 2.05) is 0 Å². The summed E-state index contributed by atoms with van der Waals surface area (Å²) in [6.07, 6.45) is 3.47. The number of hydrogen-bond donors (Lipinski definition) is 3. The number of nitrogens with one attached hydrogen (secondary N) is 1. The van der Waals surface area contributed by atoms with Crippen molar-refractivity contribution in [2.75, 3.05) is 19.3 Å². The first-order valence-corrected chi connectivity index (χ1v) is 7.33. The first-order chi connectivity index (χ1) is 5.58. The van der Waals surface area contributed by atoms with Crippen LogP contribution in [0.4, 0.5) is 0 Å². The van der Waals surface area contributed by atoms with Gasteiger partial charge in [-0.25, -0.2) is 0 Å². The lowest BCUT2D eigenvalue weighted by atomic mass is 9.96. The lowest BCUT2D eigenvalue weighted by Crippen LogP contribution is -2.28. The summed E-state index contributed by atoms with van der Waals surface area (Å²) in [6, 6.07) is 0. The van der Waals surface area contributed by atoms with E-state index in [0.717, 1.165) is 32.4 Å². The standard InChI is InChI=1S/C7H16NO2PS/c9-11(10,12)6-3-7-1-4-8-5-2-7/h7-8H,1-6H2,(H2,9,10,12). The molecular weight excluding hydrogens is 193 g/mol. The van der Waals surface area contributed by atoms with Crippen molar-refractivity contribution in [1.29, 1.82) is 0 Å². The minimum atomic E-state index is -3.06. The summed E-state index contributed by atoms with van der Waals surface area (Å²) in [5.74, 6) is 0.624. The minimum Gasteiger partial charge on any atom is -0.337 e. The highest BCUT2D eigenvalue weighted by Gasteiger charge is 2.17. The Hall–Kier alpha value is 0.500. The summed E-state index contributed by atoms with van der Waals surface area (Å²) < 4.78 is 10.9. The number of rotatable bonds is 3. The predicted octanol–water partition coefficient (Wildman–Crippen LogP) is 1.49. The molecule has 0 aromatic rings. The lowest BCUT2D eigenvalue weighted by molar-refractivity contribution is 0.362. The SMILES string of the molecule is O=P(O)(S)CCC1CCNCC1. The van der Waals surface area contributed by atoms with E-state index in [4.69, 9.17) is 4.89 Å².